The molecule has 1 amide bonds. The van der Waals surface area contributed by atoms with Crippen LogP contribution in [0.15, 0.2) is 30.3 Å². The molecule has 2 atom stereocenters. The molecule has 0 saturated heterocycles. The highest BCUT2D eigenvalue weighted by Crippen LogP contribution is 2.29. The van der Waals surface area contributed by atoms with E-state index in [1.54, 1.807) is 0 Å². The Balaban J connectivity index is 2.92. The number of primary amides is 1. The summed E-state index contributed by atoms with van der Waals surface area (Å²) < 4.78 is 0. The summed E-state index contributed by atoms with van der Waals surface area (Å²) in [5.74, 6) is 0.0271. The minimum absolute atomic E-state index is 0.0441. The van der Waals surface area contributed by atoms with Gasteiger partial charge in [0.25, 0.3) is 0 Å². The Labute approximate surface area is 91.5 Å². The van der Waals surface area contributed by atoms with Crippen molar-refractivity contribution in [2.75, 3.05) is 0 Å². The van der Waals surface area contributed by atoms with E-state index in [4.69, 9.17) is 5.73 Å². The van der Waals surface area contributed by atoms with Crippen molar-refractivity contribution in [3.05, 3.63) is 35.9 Å². The number of amides is 1. The number of hydrogen-bond donors (Lipinski definition) is 1. The summed E-state index contributed by atoms with van der Waals surface area (Å²) in [6, 6.07) is 10.1. The van der Waals surface area contributed by atoms with Crippen molar-refractivity contribution >= 4 is 5.91 Å². The molecule has 0 heterocycles. The van der Waals surface area contributed by atoms with Gasteiger partial charge in [0, 0.05) is 5.92 Å². The second-order valence-electron chi connectivity index (χ2n) is 3.84. The van der Waals surface area contributed by atoms with Crippen molar-refractivity contribution in [1.82, 2.24) is 0 Å². The Hall–Kier alpha value is -1.31. The van der Waals surface area contributed by atoms with Crippen LogP contribution in [0.25, 0.3) is 0 Å². The fourth-order valence-corrected chi connectivity index (χ4v) is 2.14. The average Bonchev–Trinajstić information content (AvgIpc) is 2.26. The Morgan fingerprint density at radius 3 is 2.20 bits per heavy atom. The summed E-state index contributed by atoms with van der Waals surface area (Å²) in [7, 11) is 0. The summed E-state index contributed by atoms with van der Waals surface area (Å²) >= 11 is 0. The molecule has 82 valence electrons. The van der Waals surface area contributed by atoms with E-state index < -0.39 is 0 Å². The predicted octanol–water partition coefficient (Wildman–Crippen LogP) is 2.69. The first-order valence-corrected chi connectivity index (χ1v) is 5.54. The third-order valence-corrected chi connectivity index (χ3v) is 2.96. The SMILES string of the molecule is CCC(C(N)=O)[C@H](CC)c1ccccc1. The highest BCUT2D eigenvalue weighted by molar-refractivity contribution is 5.77. The van der Waals surface area contributed by atoms with E-state index in [-0.39, 0.29) is 17.7 Å². The molecule has 0 aliphatic rings. The first kappa shape index (κ1) is 11.8. The number of carbonyl (C=O) groups is 1. The largest absolute Gasteiger partial charge is 0.369 e. The minimum Gasteiger partial charge on any atom is -0.369 e. The van der Waals surface area contributed by atoms with Crippen LogP contribution < -0.4 is 5.73 Å². The zero-order chi connectivity index (χ0) is 11.3. The van der Waals surface area contributed by atoms with Gasteiger partial charge in [-0.2, -0.15) is 0 Å². The summed E-state index contributed by atoms with van der Waals surface area (Å²) in [4.78, 5) is 11.3. The van der Waals surface area contributed by atoms with E-state index in [1.165, 1.54) is 5.56 Å². The molecule has 2 nitrogen and oxygen atoms in total. The molecule has 0 aromatic heterocycles. The van der Waals surface area contributed by atoms with Crippen LogP contribution in [-0.2, 0) is 4.79 Å². The fourth-order valence-electron chi connectivity index (χ4n) is 2.14. The van der Waals surface area contributed by atoms with E-state index >= 15 is 0 Å². The third-order valence-electron chi connectivity index (χ3n) is 2.96. The van der Waals surface area contributed by atoms with E-state index in [2.05, 4.69) is 19.1 Å². The van der Waals surface area contributed by atoms with E-state index in [0.717, 1.165) is 12.8 Å². The van der Waals surface area contributed by atoms with Crippen LogP contribution in [0, 0.1) is 5.92 Å². The van der Waals surface area contributed by atoms with Gasteiger partial charge in [0.15, 0.2) is 0 Å². The van der Waals surface area contributed by atoms with Gasteiger partial charge in [0.05, 0.1) is 0 Å². The highest BCUT2D eigenvalue weighted by atomic mass is 16.1. The number of rotatable bonds is 5. The van der Waals surface area contributed by atoms with Gasteiger partial charge in [0.2, 0.25) is 5.91 Å². The molecule has 0 bridgehead atoms. The van der Waals surface area contributed by atoms with Gasteiger partial charge in [0.1, 0.15) is 0 Å². The zero-order valence-electron chi connectivity index (χ0n) is 9.44. The molecule has 15 heavy (non-hydrogen) atoms. The molecule has 0 aliphatic carbocycles. The number of hydrogen-bond acceptors (Lipinski definition) is 1. The van der Waals surface area contributed by atoms with Gasteiger partial charge in [-0.05, 0) is 24.3 Å². The highest BCUT2D eigenvalue weighted by Gasteiger charge is 2.24. The van der Waals surface area contributed by atoms with Crippen LogP contribution in [0.5, 0.6) is 0 Å². The minimum atomic E-state index is -0.187. The van der Waals surface area contributed by atoms with Crippen molar-refractivity contribution in [2.24, 2.45) is 11.7 Å². The lowest BCUT2D eigenvalue weighted by Crippen LogP contribution is -2.28. The molecular formula is C13H19NO. The van der Waals surface area contributed by atoms with Crippen LogP contribution in [0.4, 0.5) is 0 Å². The number of nitrogens with two attached hydrogens (primary N) is 1. The molecule has 1 rings (SSSR count). The summed E-state index contributed by atoms with van der Waals surface area (Å²) in [5, 5.41) is 0. The number of benzene rings is 1. The fraction of sp³-hybridized carbons (Fsp3) is 0.462. The summed E-state index contributed by atoms with van der Waals surface area (Å²) in [5.41, 5.74) is 6.64. The molecule has 1 unspecified atom stereocenters. The smallest absolute Gasteiger partial charge is 0.221 e. The van der Waals surface area contributed by atoms with Gasteiger partial charge in [-0.3, -0.25) is 4.79 Å². The Morgan fingerprint density at radius 2 is 1.80 bits per heavy atom. The average molecular weight is 205 g/mol. The maximum absolute atomic E-state index is 11.3. The van der Waals surface area contributed by atoms with Crippen molar-refractivity contribution in [1.29, 1.82) is 0 Å². The normalized spacial score (nSPS) is 14.5. The van der Waals surface area contributed by atoms with Gasteiger partial charge in [-0.1, -0.05) is 44.2 Å². The van der Waals surface area contributed by atoms with Gasteiger partial charge in [-0.25, -0.2) is 0 Å². The maximum Gasteiger partial charge on any atom is 0.221 e. The Bertz CT molecular complexity index is 308. The topological polar surface area (TPSA) is 43.1 Å². The zero-order valence-corrected chi connectivity index (χ0v) is 9.44. The van der Waals surface area contributed by atoms with Crippen molar-refractivity contribution < 1.29 is 4.79 Å². The Kier molecular flexibility index (Phi) is 4.35. The van der Waals surface area contributed by atoms with Crippen molar-refractivity contribution in [3.8, 4) is 0 Å². The van der Waals surface area contributed by atoms with E-state index in [9.17, 15) is 4.79 Å². The standard InChI is InChI=1S/C13H19NO/c1-3-11(12(4-2)13(14)15)10-8-6-5-7-9-10/h5-9,11-12H,3-4H2,1-2H3,(H2,14,15)/t11-,12?/m1/s1. The molecule has 2 heteroatoms. The number of carbonyl (C=O) groups excluding carboxylic acids is 1. The summed E-state index contributed by atoms with van der Waals surface area (Å²) in [6.45, 7) is 4.12. The molecule has 0 fully saturated rings. The lowest BCUT2D eigenvalue weighted by atomic mass is 9.82. The van der Waals surface area contributed by atoms with Crippen LogP contribution in [-0.4, -0.2) is 5.91 Å². The lowest BCUT2D eigenvalue weighted by Gasteiger charge is -2.22. The second-order valence-corrected chi connectivity index (χ2v) is 3.84. The van der Waals surface area contributed by atoms with Crippen LogP contribution in [0.1, 0.15) is 38.2 Å². The van der Waals surface area contributed by atoms with Crippen LogP contribution >= 0.6 is 0 Å². The van der Waals surface area contributed by atoms with Gasteiger partial charge >= 0.3 is 0 Å². The predicted molar refractivity (Wildman–Crippen MR) is 62.4 cm³/mol. The Morgan fingerprint density at radius 1 is 1.20 bits per heavy atom. The first-order chi connectivity index (χ1) is 7.20. The maximum atomic E-state index is 11.3. The quantitative estimate of drug-likeness (QED) is 0.789. The first-order valence-electron chi connectivity index (χ1n) is 5.54. The summed E-state index contributed by atoms with van der Waals surface area (Å²) in [6.07, 6.45) is 1.76. The molecule has 0 aliphatic heterocycles. The molecular weight excluding hydrogens is 186 g/mol. The lowest BCUT2D eigenvalue weighted by molar-refractivity contribution is -0.122. The monoisotopic (exact) mass is 205 g/mol. The molecule has 0 spiro atoms. The molecule has 0 saturated carbocycles. The molecule has 1 aromatic rings. The van der Waals surface area contributed by atoms with E-state index in [0.29, 0.717) is 0 Å². The molecule has 1 aromatic carbocycles. The van der Waals surface area contributed by atoms with E-state index in [1.807, 2.05) is 25.1 Å². The van der Waals surface area contributed by atoms with Crippen molar-refractivity contribution in [3.63, 3.8) is 0 Å². The molecule has 0 radical (unpaired) electrons. The van der Waals surface area contributed by atoms with Crippen LogP contribution in [0.2, 0.25) is 0 Å². The molecule has 2 N–H and O–H groups in total. The second kappa shape index (κ2) is 5.54. The third kappa shape index (κ3) is 2.82. The van der Waals surface area contributed by atoms with Gasteiger partial charge < -0.3 is 5.73 Å². The van der Waals surface area contributed by atoms with Crippen molar-refractivity contribution in [2.45, 2.75) is 32.6 Å². The van der Waals surface area contributed by atoms with Gasteiger partial charge in [-0.15, -0.1) is 0 Å². The van der Waals surface area contributed by atoms with Crippen LogP contribution in [0.3, 0.4) is 0 Å².